The molecular weight excluding hydrogens is 264 g/mol. The van der Waals surface area contributed by atoms with E-state index in [2.05, 4.69) is 20.9 Å². The number of aromatic nitrogens is 1. The van der Waals surface area contributed by atoms with Gasteiger partial charge in [-0.1, -0.05) is 15.9 Å². The third-order valence-corrected chi connectivity index (χ3v) is 3.37. The number of hydrogen-bond donors (Lipinski definition) is 2. The summed E-state index contributed by atoms with van der Waals surface area (Å²) in [6.45, 7) is -0.0521. The molecule has 0 spiro atoms. The topological polar surface area (TPSA) is 59.1 Å². The first-order valence-corrected chi connectivity index (χ1v) is 5.78. The molecule has 1 heterocycles. The molecule has 3 nitrogen and oxygen atoms in total. The predicted molar refractivity (Wildman–Crippen MR) is 61.3 cm³/mol. The Labute approximate surface area is 93.7 Å². The Hall–Kier alpha value is -0.490. The Morgan fingerprint density at radius 1 is 1.57 bits per heavy atom. The Bertz CT molecular complexity index is 457. The fourth-order valence-electron chi connectivity index (χ4n) is 1.33. The average molecular weight is 273 g/mol. The van der Waals surface area contributed by atoms with Crippen LogP contribution in [0, 0.1) is 0 Å². The number of nitrogens with two attached hydrogens (primary N) is 1. The van der Waals surface area contributed by atoms with Gasteiger partial charge in [-0.2, -0.15) is 0 Å². The molecule has 5 heteroatoms. The molecule has 14 heavy (non-hydrogen) atoms. The van der Waals surface area contributed by atoms with E-state index < -0.39 is 0 Å². The summed E-state index contributed by atoms with van der Waals surface area (Å²) in [5.41, 5.74) is 9.44. The van der Waals surface area contributed by atoms with E-state index in [1.54, 1.807) is 16.8 Å². The van der Waals surface area contributed by atoms with Crippen LogP contribution in [0.15, 0.2) is 22.1 Å². The zero-order valence-electron chi connectivity index (χ0n) is 7.27. The van der Waals surface area contributed by atoms with Gasteiger partial charge in [-0.25, -0.2) is 4.98 Å². The summed E-state index contributed by atoms with van der Waals surface area (Å²) in [4.78, 5) is 4.21. The van der Waals surface area contributed by atoms with E-state index in [9.17, 15) is 0 Å². The number of hydrogen-bond acceptors (Lipinski definition) is 4. The van der Waals surface area contributed by atoms with Crippen molar-refractivity contribution in [2.75, 3.05) is 6.61 Å². The summed E-state index contributed by atoms with van der Waals surface area (Å²) in [7, 11) is 0. The molecule has 0 amide bonds. The lowest BCUT2D eigenvalue weighted by Crippen LogP contribution is -2.14. The van der Waals surface area contributed by atoms with E-state index in [0.717, 1.165) is 20.3 Å². The zero-order chi connectivity index (χ0) is 10.1. The fraction of sp³-hybridized carbons (Fsp3) is 0.222. The van der Waals surface area contributed by atoms with Crippen LogP contribution in [-0.2, 0) is 0 Å². The normalized spacial score (nSPS) is 13.4. The summed E-state index contributed by atoms with van der Waals surface area (Å²) in [6.07, 6.45) is 0. The van der Waals surface area contributed by atoms with Crippen molar-refractivity contribution < 1.29 is 5.11 Å². The van der Waals surface area contributed by atoms with Crippen LogP contribution in [0.2, 0.25) is 0 Å². The van der Waals surface area contributed by atoms with Crippen molar-refractivity contribution in [1.29, 1.82) is 0 Å². The molecule has 2 aromatic rings. The zero-order valence-corrected chi connectivity index (χ0v) is 9.68. The summed E-state index contributed by atoms with van der Waals surface area (Å²) in [5.74, 6) is 0. The predicted octanol–water partition coefficient (Wildman–Crippen LogP) is 2.05. The highest BCUT2D eigenvalue weighted by Crippen LogP contribution is 2.29. The number of halogens is 1. The lowest BCUT2D eigenvalue weighted by Gasteiger charge is -2.09. The van der Waals surface area contributed by atoms with E-state index in [1.807, 2.05) is 12.1 Å². The maximum atomic E-state index is 9.02. The molecule has 1 unspecified atom stereocenters. The molecule has 1 aromatic carbocycles. The minimum Gasteiger partial charge on any atom is -0.394 e. The molecule has 0 saturated carbocycles. The second kappa shape index (κ2) is 3.94. The van der Waals surface area contributed by atoms with Gasteiger partial charge in [0.1, 0.15) is 0 Å². The summed E-state index contributed by atoms with van der Waals surface area (Å²) < 4.78 is 1.99. The minimum atomic E-state index is -0.338. The largest absolute Gasteiger partial charge is 0.394 e. The van der Waals surface area contributed by atoms with Crippen LogP contribution in [-0.4, -0.2) is 16.7 Å². The van der Waals surface area contributed by atoms with Crippen LogP contribution in [0.5, 0.6) is 0 Å². The van der Waals surface area contributed by atoms with Crippen LogP contribution in [0.3, 0.4) is 0 Å². The number of rotatable bonds is 2. The van der Waals surface area contributed by atoms with Crippen molar-refractivity contribution in [3.8, 4) is 0 Å². The van der Waals surface area contributed by atoms with Crippen molar-refractivity contribution in [2.24, 2.45) is 5.73 Å². The van der Waals surface area contributed by atoms with Crippen molar-refractivity contribution >= 4 is 37.5 Å². The molecule has 0 aliphatic carbocycles. The van der Waals surface area contributed by atoms with Gasteiger partial charge in [0.15, 0.2) is 0 Å². The van der Waals surface area contributed by atoms with Gasteiger partial charge >= 0.3 is 0 Å². The van der Waals surface area contributed by atoms with Gasteiger partial charge in [-0.15, -0.1) is 11.3 Å². The SMILES string of the molecule is NC(CO)c1cc(Br)cc2ncsc12. The first-order chi connectivity index (χ1) is 6.72. The standard InChI is InChI=1S/C9H9BrN2OS/c10-5-1-6(7(11)3-13)9-8(2-5)12-4-14-9/h1-2,4,7,13H,3,11H2. The smallest absolute Gasteiger partial charge is 0.0826 e. The van der Waals surface area contributed by atoms with E-state index in [4.69, 9.17) is 10.8 Å². The van der Waals surface area contributed by atoms with Crippen LogP contribution in [0.4, 0.5) is 0 Å². The molecule has 1 aromatic heterocycles. The molecule has 0 aliphatic rings. The monoisotopic (exact) mass is 272 g/mol. The summed E-state index contributed by atoms with van der Waals surface area (Å²) in [6, 6.07) is 3.54. The van der Waals surface area contributed by atoms with Gasteiger partial charge in [0.25, 0.3) is 0 Å². The van der Waals surface area contributed by atoms with Gasteiger partial charge in [-0.05, 0) is 17.7 Å². The van der Waals surface area contributed by atoms with Crippen molar-refractivity contribution in [3.63, 3.8) is 0 Å². The van der Waals surface area contributed by atoms with Gasteiger partial charge in [0.2, 0.25) is 0 Å². The molecule has 0 bridgehead atoms. The van der Waals surface area contributed by atoms with E-state index in [0.29, 0.717) is 0 Å². The molecule has 1 atom stereocenters. The Morgan fingerprint density at radius 2 is 2.36 bits per heavy atom. The summed E-state index contributed by atoms with van der Waals surface area (Å²) in [5, 5.41) is 9.02. The highest BCUT2D eigenvalue weighted by Gasteiger charge is 2.11. The first-order valence-electron chi connectivity index (χ1n) is 4.11. The maximum Gasteiger partial charge on any atom is 0.0826 e. The lowest BCUT2D eigenvalue weighted by molar-refractivity contribution is 0.268. The number of aliphatic hydroxyl groups excluding tert-OH is 1. The van der Waals surface area contributed by atoms with E-state index in [1.165, 1.54) is 0 Å². The highest BCUT2D eigenvalue weighted by atomic mass is 79.9. The third kappa shape index (κ3) is 1.68. The second-order valence-electron chi connectivity index (χ2n) is 2.98. The van der Waals surface area contributed by atoms with Crippen LogP contribution in [0.25, 0.3) is 10.2 Å². The first kappa shape index (κ1) is 10.0. The Morgan fingerprint density at radius 3 is 3.07 bits per heavy atom. The number of thiazole rings is 1. The molecule has 3 N–H and O–H groups in total. The quantitative estimate of drug-likeness (QED) is 0.880. The van der Waals surface area contributed by atoms with E-state index in [-0.39, 0.29) is 12.6 Å². The van der Waals surface area contributed by atoms with Crippen LogP contribution < -0.4 is 5.73 Å². The lowest BCUT2D eigenvalue weighted by atomic mass is 10.1. The van der Waals surface area contributed by atoms with Gasteiger partial charge < -0.3 is 10.8 Å². The van der Waals surface area contributed by atoms with Crippen LogP contribution in [0.1, 0.15) is 11.6 Å². The molecule has 0 fully saturated rings. The summed E-state index contributed by atoms with van der Waals surface area (Å²) >= 11 is 4.94. The molecule has 0 saturated heterocycles. The molecule has 0 radical (unpaired) electrons. The maximum absolute atomic E-state index is 9.02. The average Bonchev–Trinajstić information content (AvgIpc) is 2.62. The van der Waals surface area contributed by atoms with E-state index >= 15 is 0 Å². The Kier molecular flexibility index (Phi) is 2.83. The number of nitrogens with zero attached hydrogens (tertiary/aromatic N) is 1. The fourth-order valence-corrected chi connectivity index (χ4v) is 2.65. The molecule has 74 valence electrons. The van der Waals surface area contributed by atoms with Gasteiger partial charge in [0.05, 0.1) is 28.4 Å². The third-order valence-electron chi connectivity index (χ3n) is 2.02. The number of fused-ring (bicyclic) bond motifs is 1. The number of aliphatic hydroxyl groups is 1. The highest BCUT2D eigenvalue weighted by molar-refractivity contribution is 9.10. The second-order valence-corrected chi connectivity index (χ2v) is 4.76. The van der Waals surface area contributed by atoms with Gasteiger partial charge in [0, 0.05) is 4.47 Å². The molecule has 0 aliphatic heterocycles. The van der Waals surface area contributed by atoms with Crippen molar-refractivity contribution in [3.05, 3.63) is 27.7 Å². The molecular formula is C9H9BrN2OS. The van der Waals surface area contributed by atoms with Crippen LogP contribution >= 0.6 is 27.3 Å². The van der Waals surface area contributed by atoms with Crippen molar-refractivity contribution in [2.45, 2.75) is 6.04 Å². The minimum absolute atomic E-state index is 0.0521. The number of benzene rings is 1. The molecule has 2 rings (SSSR count). The Balaban J connectivity index is 2.66. The van der Waals surface area contributed by atoms with Gasteiger partial charge in [-0.3, -0.25) is 0 Å². The van der Waals surface area contributed by atoms with Crippen molar-refractivity contribution in [1.82, 2.24) is 4.98 Å².